The van der Waals surface area contributed by atoms with Crippen LogP contribution in [-0.4, -0.2) is 28.7 Å². The number of hydrogen-bond donors (Lipinski definition) is 0. The van der Waals surface area contributed by atoms with Crippen molar-refractivity contribution in [3.8, 4) is 0 Å². The van der Waals surface area contributed by atoms with Crippen LogP contribution >= 0.6 is 30.1 Å². The molecule has 0 aliphatic rings. The molecule has 11 heavy (non-hydrogen) atoms. The molecule has 0 nitrogen and oxygen atoms in total. The molecular weight excluding hydrogens is 207 g/mol. The van der Waals surface area contributed by atoms with Crippen LogP contribution in [0.3, 0.4) is 0 Å². The Morgan fingerprint density at radius 1 is 0.727 bits per heavy atom. The van der Waals surface area contributed by atoms with Crippen molar-refractivity contribution in [2.45, 2.75) is 7.43 Å². The molecule has 0 aliphatic heterocycles. The summed E-state index contributed by atoms with van der Waals surface area (Å²) in [6.45, 7) is 0. The quantitative estimate of drug-likeness (QED) is 0.355. The largest absolute Gasteiger partial charge is 1.00 e. The molecule has 0 aromatic heterocycles. The van der Waals surface area contributed by atoms with Crippen LogP contribution in [0.5, 0.6) is 0 Å². The predicted octanol–water partition coefficient (Wildman–Crippen LogP) is -13.3. The molecule has 0 amide bonds. The third-order valence-electron chi connectivity index (χ3n) is 0. The Balaban J connectivity index is -0.000000000682. The van der Waals surface area contributed by atoms with Gasteiger partial charge in [0.2, 0.25) is 0 Å². The van der Waals surface area contributed by atoms with Gasteiger partial charge in [0.1, 0.15) is 0 Å². The van der Waals surface area contributed by atoms with Crippen LogP contribution in [0.2, 0.25) is 0 Å². The van der Waals surface area contributed by atoms with Crippen molar-refractivity contribution in [1.29, 1.82) is 0 Å². The SMILES string of the molecule is C.[AlH3].[Cl][Al]([Cl])[Cl].[H-].[H-].[H-].[H-].[H-].[Li+].[Li+].[Li+].[Li+].[Li+]. The van der Waals surface area contributed by atoms with E-state index < -0.39 is 11.4 Å². The predicted molar refractivity (Wildman–Crippen MR) is 45.5 cm³/mol. The molecule has 0 bridgehead atoms. The minimum absolute atomic E-state index is 0. The van der Waals surface area contributed by atoms with Gasteiger partial charge in [0.05, 0.1) is 0 Å². The molecule has 0 N–H and O–H groups in total. The topological polar surface area (TPSA) is 0 Å². The summed E-state index contributed by atoms with van der Waals surface area (Å²) in [4.78, 5) is 0. The summed E-state index contributed by atoms with van der Waals surface area (Å²) in [6, 6.07) is 0. The standard InChI is InChI=1S/CH4.2Al.3ClH.5Li.8H/h1H4;;;3*1H;;;;;;;;;;;;;/q;;+3;;;;5*+1;;;;5*-1/p-3. The Bertz CT molecular complexity index is 38.8. The zero-order valence-electron chi connectivity index (χ0n) is 11.7. The summed E-state index contributed by atoms with van der Waals surface area (Å²) in [5.74, 6) is 0. The van der Waals surface area contributed by atoms with Crippen LogP contribution in [0.4, 0.5) is 0 Å². The third-order valence-corrected chi connectivity index (χ3v) is 0. The van der Waals surface area contributed by atoms with Gasteiger partial charge in [0.15, 0.2) is 17.4 Å². The second-order valence-corrected chi connectivity index (χ2v) is 6.68. The maximum atomic E-state index is 4.94. The van der Waals surface area contributed by atoms with Crippen LogP contribution in [0.15, 0.2) is 0 Å². The summed E-state index contributed by atoms with van der Waals surface area (Å²) in [7, 11) is 14.8. The van der Waals surface area contributed by atoms with Crippen molar-refractivity contribution in [1.82, 2.24) is 0 Å². The maximum Gasteiger partial charge on any atom is 1.00 e. The van der Waals surface area contributed by atoms with E-state index in [-0.39, 0.29) is 126 Å². The number of rotatable bonds is 0. The molecule has 0 radical (unpaired) electrons. The van der Waals surface area contributed by atoms with Gasteiger partial charge < -0.3 is 7.13 Å². The van der Waals surface area contributed by atoms with Gasteiger partial charge in [-0.2, -0.15) is 0 Å². The Kier molecular flexibility index (Phi) is 237. The molecule has 0 spiro atoms. The van der Waals surface area contributed by atoms with Gasteiger partial charge in [-0.1, -0.05) is 7.43 Å². The molecule has 0 atom stereocenters. The van der Waals surface area contributed by atoms with Gasteiger partial charge in [0.25, 0.3) is 0 Å². The fourth-order valence-corrected chi connectivity index (χ4v) is 0. The first kappa shape index (κ1) is 56.5. The minimum atomic E-state index is -1.72. The van der Waals surface area contributed by atoms with E-state index in [1.54, 1.807) is 0 Å². The minimum Gasteiger partial charge on any atom is -1.00 e. The monoisotopic (exact) mass is 218 g/mol. The first-order valence-corrected chi connectivity index (χ1v) is 5.89. The molecule has 0 heterocycles. The molecule has 0 fully saturated rings. The van der Waals surface area contributed by atoms with E-state index in [0.29, 0.717) is 0 Å². The zero-order chi connectivity index (χ0) is 3.58. The Labute approximate surface area is 165 Å². The molecule has 0 saturated carbocycles. The first-order chi connectivity index (χ1) is 1.73. The van der Waals surface area contributed by atoms with E-state index in [1.165, 1.54) is 0 Å². The first-order valence-electron chi connectivity index (χ1n) is 0.655. The smallest absolute Gasteiger partial charge is 1.00 e. The summed E-state index contributed by atoms with van der Waals surface area (Å²) < 4.78 is 0. The van der Waals surface area contributed by atoms with Crippen molar-refractivity contribution in [2.24, 2.45) is 0 Å². The van der Waals surface area contributed by atoms with Crippen LogP contribution < -0.4 is 94.3 Å². The molecule has 0 saturated heterocycles. The average Bonchev–Trinajstić information content (AvgIpc) is 0.811. The van der Waals surface area contributed by atoms with Gasteiger partial charge >= 0.3 is 106 Å². The normalized spacial score (nSPS) is 2.45. The molecule has 0 unspecified atom stereocenters. The summed E-state index contributed by atoms with van der Waals surface area (Å²) in [5, 5.41) is 0. The van der Waals surface area contributed by atoms with Crippen molar-refractivity contribution in [3.63, 3.8) is 0 Å². The molecule has 0 aliphatic carbocycles. The molecule has 0 aromatic rings. The van der Waals surface area contributed by atoms with E-state index in [9.17, 15) is 0 Å². The van der Waals surface area contributed by atoms with E-state index in [0.717, 1.165) is 0 Å². The Hall–Kier alpha value is 4.92. The summed E-state index contributed by atoms with van der Waals surface area (Å²) in [6.07, 6.45) is 0. The molecule has 48 valence electrons. The Morgan fingerprint density at radius 2 is 0.727 bits per heavy atom. The van der Waals surface area contributed by atoms with E-state index in [4.69, 9.17) is 30.1 Å². The molecular formula is CH12Al2Cl3Li5. The van der Waals surface area contributed by atoms with Crippen molar-refractivity contribution >= 4 is 58.9 Å². The van der Waals surface area contributed by atoms with Crippen molar-refractivity contribution < 1.29 is 101 Å². The van der Waals surface area contributed by atoms with E-state index in [1.807, 2.05) is 0 Å². The van der Waals surface area contributed by atoms with Gasteiger partial charge in [-0.25, -0.2) is 30.1 Å². The average molecular weight is 219 g/mol. The van der Waals surface area contributed by atoms with Crippen LogP contribution in [0.1, 0.15) is 14.6 Å². The molecule has 0 rings (SSSR count). The second kappa shape index (κ2) is 46.1. The van der Waals surface area contributed by atoms with E-state index >= 15 is 0 Å². The maximum absolute atomic E-state index is 4.94. The van der Waals surface area contributed by atoms with Crippen LogP contribution in [0.25, 0.3) is 0 Å². The van der Waals surface area contributed by atoms with Gasteiger partial charge in [-0.3, -0.25) is 0 Å². The molecule has 0 aromatic carbocycles. The number of hydrogen-bond acceptors (Lipinski definition) is 0. The van der Waals surface area contributed by atoms with Gasteiger partial charge in [-0.15, -0.1) is 0 Å². The summed E-state index contributed by atoms with van der Waals surface area (Å²) in [5.41, 5.74) is 0. The van der Waals surface area contributed by atoms with E-state index in [2.05, 4.69) is 0 Å². The van der Waals surface area contributed by atoms with Crippen LogP contribution in [0, 0.1) is 0 Å². The number of halogens is 3. The molecule has 10 heteroatoms. The van der Waals surface area contributed by atoms with Crippen LogP contribution in [-0.2, 0) is 0 Å². The van der Waals surface area contributed by atoms with Gasteiger partial charge in [-0.05, 0) is 0 Å². The Morgan fingerprint density at radius 3 is 0.727 bits per heavy atom. The zero-order valence-corrected chi connectivity index (χ0v) is 10.1. The third kappa shape index (κ3) is 103. The summed E-state index contributed by atoms with van der Waals surface area (Å²) >= 11 is -1.72. The fourth-order valence-electron chi connectivity index (χ4n) is 0. The van der Waals surface area contributed by atoms with Crippen molar-refractivity contribution in [2.75, 3.05) is 0 Å². The second-order valence-electron chi connectivity index (χ2n) is 0.247. The fraction of sp³-hybridized carbons (Fsp3) is 1.00. The van der Waals surface area contributed by atoms with Crippen molar-refractivity contribution in [3.05, 3.63) is 0 Å². The van der Waals surface area contributed by atoms with Gasteiger partial charge in [0, 0.05) is 0 Å².